The van der Waals surface area contributed by atoms with Crippen LogP contribution in [-0.2, 0) is 6.54 Å². The molecule has 0 unspecified atom stereocenters. The number of nitro benzene ring substituents is 1. The molecule has 0 fully saturated rings. The zero-order chi connectivity index (χ0) is 15.4. The second kappa shape index (κ2) is 6.58. The first-order chi connectivity index (χ1) is 9.99. The van der Waals surface area contributed by atoms with Crippen molar-refractivity contribution in [2.75, 3.05) is 18.5 Å². The van der Waals surface area contributed by atoms with E-state index in [1.807, 2.05) is 29.6 Å². The number of anilines is 1. The lowest BCUT2D eigenvalue weighted by Crippen LogP contribution is -2.21. The number of aryl methyl sites for hydroxylation is 2. The maximum Gasteiger partial charge on any atom is 0.271 e. The fourth-order valence-corrected chi connectivity index (χ4v) is 2.73. The highest BCUT2D eigenvalue weighted by atomic mass is 35.5. The van der Waals surface area contributed by atoms with Gasteiger partial charge >= 0.3 is 0 Å². The zero-order valence-electron chi connectivity index (χ0n) is 12.0. The van der Waals surface area contributed by atoms with Crippen LogP contribution in [0.4, 0.5) is 11.4 Å². The lowest BCUT2D eigenvalue weighted by Gasteiger charge is -2.22. The Morgan fingerprint density at radius 3 is 2.81 bits per heavy atom. The van der Waals surface area contributed by atoms with Crippen molar-refractivity contribution in [3.05, 3.63) is 51.6 Å². The molecule has 0 saturated carbocycles. The second-order valence-electron chi connectivity index (χ2n) is 4.93. The maximum absolute atomic E-state index is 10.8. The number of nitro groups is 1. The van der Waals surface area contributed by atoms with Gasteiger partial charge in [-0.25, -0.2) is 4.98 Å². The molecule has 1 aromatic heterocycles. The van der Waals surface area contributed by atoms with Gasteiger partial charge in [0.05, 0.1) is 22.0 Å². The number of aromatic nitrogens is 2. The van der Waals surface area contributed by atoms with Crippen LogP contribution < -0.4 is 4.90 Å². The zero-order valence-corrected chi connectivity index (χ0v) is 12.7. The van der Waals surface area contributed by atoms with Crippen LogP contribution in [0.2, 0.25) is 5.02 Å². The van der Waals surface area contributed by atoms with E-state index in [1.165, 1.54) is 6.07 Å². The molecular formula is C14H17ClN4O2. The summed E-state index contributed by atoms with van der Waals surface area (Å²) in [7, 11) is 1.94. The highest BCUT2D eigenvalue weighted by Crippen LogP contribution is 2.33. The summed E-state index contributed by atoms with van der Waals surface area (Å²) in [6.45, 7) is 3.51. The van der Waals surface area contributed by atoms with E-state index in [-0.39, 0.29) is 5.69 Å². The van der Waals surface area contributed by atoms with Crippen LogP contribution in [0.5, 0.6) is 0 Å². The molecule has 0 aliphatic carbocycles. The molecule has 2 aromatic rings. The smallest absolute Gasteiger partial charge is 0.271 e. The van der Waals surface area contributed by atoms with Gasteiger partial charge in [-0.15, -0.1) is 0 Å². The Bertz CT molecular complexity index is 605. The van der Waals surface area contributed by atoms with E-state index >= 15 is 0 Å². The SMILES string of the molecule is Cc1cc([N+](=O)[O-])cc(Cl)c1N(C)CCCn1ccnc1. The summed E-state index contributed by atoms with van der Waals surface area (Å²) >= 11 is 6.19. The normalized spacial score (nSPS) is 10.6. The summed E-state index contributed by atoms with van der Waals surface area (Å²) in [6, 6.07) is 2.95. The standard InChI is InChI=1S/C14H17ClN4O2/c1-11-8-12(19(20)21)9-13(15)14(11)17(2)5-3-6-18-7-4-16-10-18/h4,7-10H,3,5-6H2,1-2H3. The first kappa shape index (κ1) is 15.3. The molecule has 0 spiro atoms. The molecular weight excluding hydrogens is 292 g/mol. The highest BCUT2D eigenvalue weighted by molar-refractivity contribution is 6.33. The van der Waals surface area contributed by atoms with Crippen molar-refractivity contribution in [3.8, 4) is 0 Å². The number of rotatable bonds is 6. The van der Waals surface area contributed by atoms with Crippen molar-refractivity contribution in [1.82, 2.24) is 9.55 Å². The number of hydrogen-bond acceptors (Lipinski definition) is 4. The number of hydrogen-bond donors (Lipinski definition) is 0. The van der Waals surface area contributed by atoms with Crippen molar-refractivity contribution in [2.45, 2.75) is 19.9 Å². The van der Waals surface area contributed by atoms with Crippen LogP contribution in [0.25, 0.3) is 0 Å². The molecule has 0 radical (unpaired) electrons. The van der Waals surface area contributed by atoms with E-state index in [0.717, 1.165) is 30.8 Å². The van der Waals surface area contributed by atoms with Crippen LogP contribution in [0.1, 0.15) is 12.0 Å². The second-order valence-corrected chi connectivity index (χ2v) is 5.33. The van der Waals surface area contributed by atoms with Crippen LogP contribution in [0.3, 0.4) is 0 Å². The molecule has 2 rings (SSSR count). The van der Waals surface area contributed by atoms with E-state index in [1.54, 1.807) is 18.6 Å². The maximum atomic E-state index is 10.8. The quantitative estimate of drug-likeness (QED) is 0.607. The Kier molecular flexibility index (Phi) is 4.80. The lowest BCUT2D eigenvalue weighted by atomic mass is 10.1. The van der Waals surface area contributed by atoms with Gasteiger partial charge in [0.25, 0.3) is 5.69 Å². The molecule has 0 atom stereocenters. The minimum absolute atomic E-state index is 0.0214. The molecule has 21 heavy (non-hydrogen) atoms. The Hall–Kier alpha value is -2.08. The third kappa shape index (κ3) is 3.72. The predicted octanol–water partition coefficient (Wildman–Crippen LogP) is 3.28. The van der Waals surface area contributed by atoms with Crippen LogP contribution >= 0.6 is 11.6 Å². The fraction of sp³-hybridized carbons (Fsp3) is 0.357. The Balaban J connectivity index is 2.04. The molecule has 0 bridgehead atoms. The molecule has 1 aromatic carbocycles. The van der Waals surface area contributed by atoms with Crippen molar-refractivity contribution >= 4 is 23.0 Å². The summed E-state index contributed by atoms with van der Waals surface area (Å²) in [6.07, 6.45) is 6.38. The van der Waals surface area contributed by atoms with Gasteiger partial charge < -0.3 is 9.47 Å². The number of benzene rings is 1. The molecule has 0 amide bonds. The number of non-ortho nitro benzene ring substituents is 1. The van der Waals surface area contributed by atoms with Gasteiger partial charge in [-0.3, -0.25) is 10.1 Å². The van der Waals surface area contributed by atoms with E-state index in [0.29, 0.717) is 5.02 Å². The average molecular weight is 309 g/mol. The molecule has 1 heterocycles. The van der Waals surface area contributed by atoms with Crippen LogP contribution in [0.15, 0.2) is 30.9 Å². The third-order valence-corrected chi connectivity index (χ3v) is 3.59. The van der Waals surface area contributed by atoms with E-state index in [4.69, 9.17) is 11.6 Å². The van der Waals surface area contributed by atoms with Gasteiger partial charge in [0, 0.05) is 44.7 Å². The first-order valence-electron chi connectivity index (χ1n) is 6.60. The van der Waals surface area contributed by atoms with Gasteiger partial charge in [0.15, 0.2) is 0 Å². The van der Waals surface area contributed by atoms with E-state index in [9.17, 15) is 10.1 Å². The third-order valence-electron chi connectivity index (χ3n) is 3.30. The molecule has 7 heteroatoms. The Morgan fingerprint density at radius 2 is 2.24 bits per heavy atom. The monoisotopic (exact) mass is 308 g/mol. The summed E-state index contributed by atoms with van der Waals surface area (Å²) in [5.41, 5.74) is 1.67. The van der Waals surface area contributed by atoms with Crippen LogP contribution in [0, 0.1) is 17.0 Å². The number of halogens is 1. The average Bonchev–Trinajstić information content (AvgIpc) is 2.90. The van der Waals surface area contributed by atoms with Crippen molar-refractivity contribution in [3.63, 3.8) is 0 Å². The summed E-state index contributed by atoms with van der Waals surface area (Å²) in [5, 5.41) is 11.2. The predicted molar refractivity (Wildman–Crippen MR) is 83.0 cm³/mol. The molecule has 0 aliphatic rings. The largest absolute Gasteiger partial charge is 0.373 e. The van der Waals surface area contributed by atoms with Gasteiger partial charge in [-0.05, 0) is 18.9 Å². The van der Waals surface area contributed by atoms with Crippen molar-refractivity contribution in [2.24, 2.45) is 0 Å². The molecule has 6 nitrogen and oxygen atoms in total. The Labute approximate surface area is 128 Å². The number of nitrogens with zero attached hydrogens (tertiary/aromatic N) is 4. The topological polar surface area (TPSA) is 64.2 Å². The van der Waals surface area contributed by atoms with Gasteiger partial charge in [-0.2, -0.15) is 0 Å². The summed E-state index contributed by atoms with van der Waals surface area (Å²) < 4.78 is 2.01. The van der Waals surface area contributed by atoms with Gasteiger partial charge in [0.1, 0.15) is 0 Å². The molecule has 0 N–H and O–H groups in total. The summed E-state index contributed by atoms with van der Waals surface area (Å²) in [4.78, 5) is 16.4. The minimum Gasteiger partial charge on any atom is -0.373 e. The number of imidazole rings is 1. The molecule has 0 aliphatic heterocycles. The fourth-order valence-electron chi connectivity index (χ4n) is 2.33. The highest BCUT2D eigenvalue weighted by Gasteiger charge is 2.15. The van der Waals surface area contributed by atoms with Gasteiger partial charge in [0.2, 0.25) is 0 Å². The van der Waals surface area contributed by atoms with Crippen LogP contribution in [-0.4, -0.2) is 28.1 Å². The minimum atomic E-state index is -0.429. The Morgan fingerprint density at radius 1 is 1.48 bits per heavy atom. The molecule has 0 saturated heterocycles. The van der Waals surface area contributed by atoms with E-state index < -0.39 is 4.92 Å². The lowest BCUT2D eigenvalue weighted by molar-refractivity contribution is -0.384. The van der Waals surface area contributed by atoms with Crippen molar-refractivity contribution < 1.29 is 4.92 Å². The molecule has 112 valence electrons. The first-order valence-corrected chi connectivity index (χ1v) is 6.98. The van der Waals surface area contributed by atoms with Gasteiger partial charge in [-0.1, -0.05) is 11.6 Å². The van der Waals surface area contributed by atoms with Crippen molar-refractivity contribution in [1.29, 1.82) is 0 Å². The van der Waals surface area contributed by atoms with E-state index in [2.05, 4.69) is 4.98 Å². The summed E-state index contributed by atoms with van der Waals surface area (Å²) in [5.74, 6) is 0.